The van der Waals surface area contributed by atoms with Crippen molar-refractivity contribution in [2.24, 2.45) is 11.1 Å². The highest BCUT2D eigenvalue weighted by molar-refractivity contribution is 5.94. The Morgan fingerprint density at radius 2 is 2.32 bits per heavy atom. The molecule has 1 aliphatic carbocycles. The minimum Gasteiger partial charge on any atom is -0.349 e. The van der Waals surface area contributed by atoms with Gasteiger partial charge in [-0.05, 0) is 30.4 Å². The van der Waals surface area contributed by atoms with Gasteiger partial charge in [-0.15, -0.1) is 0 Å². The van der Waals surface area contributed by atoms with E-state index < -0.39 is 0 Å². The van der Waals surface area contributed by atoms with Crippen LogP contribution in [0.1, 0.15) is 55.6 Å². The fourth-order valence-electron chi connectivity index (χ4n) is 2.73. The minimum absolute atomic E-state index is 0.0166. The number of nitrogens with one attached hydrogen (secondary N) is 1. The first kappa shape index (κ1) is 14.0. The predicted octanol–water partition coefficient (Wildman–Crippen LogP) is 2.24. The van der Waals surface area contributed by atoms with Crippen molar-refractivity contribution in [2.45, 2.75) is 52.1 Å². The number of pyridine rings is 1. The number of hydrogen-bond acceptors (Lipinski definition) is 3. The summed E-state index contributed by atoms with van der Waals surface area (Å²) in [5, 5.41) is 3.17. The fourth-order valence-corrected chi connectivity index (χ4v) is 2.73. The van der Waals surface area contributed by atoms with Crippen LogP contribution in [-0.4, -0.2) is 16.9 Å². The third kappa shape index (κ3) is 3.32. The SMILES string of the molecule is CC1(C)CCCCC1NC(=O)c1ccnc(CN)c1. The maximum atomic E-state index is 12.3. The van der Waals surface area contributed by atoms with Crippen LogP contribution in [0.2, 0.25) is 0 Å². The van der Waals surface area contributed by atoms with Crippen LogP contribution < -0.4 is 11.1 Å². The highest BCUT2D eigenvalue weighted by Gasteiger charge is 2.33. The number of aromatic nitrogens is 1. The zero-order valence-electron chi connectivity index (χ0n) is 11.8. The van der Waals surface area contributed by atoms with Gasteiger partial charge in [-0.2, -0.15) is 0 Å². The van der Waals surface area contributed by atoms with Gasteiger partial charge in [0.1, 0.15) is 0 Å². The van der Waals surface area contributed by atoms with Crippen LogP contribution in [0.5, 0.6) is 0 Å². The largest absolute Gasteiger partial charge is 0.349 e. The van der Waals surface area contributed by atoms with Crippen molar-refractivity contribution in [3.05, 3.63) is 29.6 Å². The van der Waals surface area contributed by atoms with E-state index in [1.807, 2.05) is 0 Å². The molecule has 1 unspecified atom stereocenters. The van der Waals surface area contributed by atoms with Gasteiger partial charge < -0.3 is 11.1 Å². The molecule has 0 aliphatic heterocycles. The lowest BCUT2D eigenvalue weighted by molar-refractivity contribution is 0.0853. The molecule has 1 atom stereocenters. The quantitative estimate of drug-likeness (QED) is 0.876. The summed E-state index contributed by atoms with van der Waals surface area (Å²) in [6.45, 7) is 4.82. The lowest BCUT2D eigenvalue weighted by Gasteiger charge is -2.39. The Kier molecular flexibility index (Phi) is 4.20. The van der Waals surface area contributed by atoms with E-state index in [1.54, 1.807) is 18.3 Å². The monoisotopic (exact) mass is 261 g/mol. The van der Waals surface area contributed by atoms with E-state index in [0.29, 0.717) is 12.1 Å². The maximum Gasteiger partial charge on any atom is 0.251 e. The summed E-state index contributed by atoms with van der Waals surface area (Å²) in [7, 11) is 0. The normalized spacial score (nSPS) is 21.9. The third-order valence-corrected chi connectivity index (χ3v) is 4.10. The Balaban J connectivity index is 2.07. The zero-order valence-corrected chi connectivity index (χ0v) is 11.8. The average molecular weight is 261 g/mol. The van der Waals surface area contributed by atoms with E-state index in [2.05, 4.69) is 24.1 Å². The van der Waals surface area contributed by atoms with E-state index >= 15 is 0 Å². The van der Waals surface area contributed by atoms with Gasteiger partial charge in [0.2, 0.25) is 0 Å². The van der Waals surface area contributed by atoms with Crippen LogP contribution in [-0.2, 0) is 6.54 Å². The Morgan fingerprint density at radius 3 is 3.00 bits per heavy atom. The fraction of sp³-hybridized carbons (Fsp3) is 0.600. The van der Waals surface area contributed by atoms with Crippen molar-refractivity contribution < 1.29 is 4.79 Å². The van der Waals surface area contributed by atoms with Crippen LogP contribution in [0.4, 0.5) is 0 Å². The van der Waals surface area contributed by atoms with Crippen LogP contribution >= 0.6 is 0 Å². The van der Waals surface area contributed by atoms with Crippen molar-refractivity contribution in [3.8, 4) is 0 Å². The smallest absolute Gasteiger partial charge is 0.251 e. The van der Waals surface area contributed by atoms with Gasteiger partial charge in [0.15, 0.2) is 0 Å². The molecular weight excluding hydrogens is 238 g/mol. The molecular formula is C15H23N3O. The topological polar surface area (TPSA) is 68.0 Å². The average Bonchev–Trinajstić information content (AvgIpc) is 2.41. The van der Waals surface area contributed by atoms with E-state index in [1.165, 1.54) is 19.3 Å². The molecule has 1 heterocycles. The summed E-state index contributed by atoms with van der Waals surface area (Å²) in [6.07, 6.45) is 6.32. The molecule has 1 amide bonds. The summed E-state index contributed by atoms with van der Waals surface area (Å²) in [4.78, 5) is 16.4. The predicted molar refractivity (Wildman–Crippen MR) is 75.6 cm³/mol. The summed E-state index contributed by atoms with van der Waals surface area (Å²) in [5.74, 6) is -0.0166. The molecule has 19 heavy (non-hydrogen) atoms. The molecule has 0 bridgehead atoms. The molecule has 1 aromatic heterocycles. The number of carbonyl (C=O) groups excluding carboxylic acids is 1. The molecule has 1 fully saturated rings. The number of amides is 1. The van der Waals surface area contributed by atoms with Gasteiger partial charge in [-0.1, -0.05) is 26.7 Å². The molecule has 3 N–H and O–H groups in total. The second kappa shape index (κ2) is 5.70. The minimum atomic E-state index is -0.0166. The molecule has 0 radical (unpaired) electrons. The summed E-state index contributed by atoms with van der Waals surface area (Å²) in [6, 6.07) is 3.76. The van der Waals surface area contributed by atoms with Gasteiger partial charge in [0.25, 0.3) is 5.91 Å². The lowest BCUT2D eigenvalue weighted by atomic mass is 9.73. The molecule has 0 saturated heterocycles. The van der Waals surface area contributed by atoms with Crippen LogP contribution in [0.15, 0.2) is 18.3 Å². The Bertz CT molecular complexity index is 456. The van der Waals surface area contributed by atoms with Crippen LogP contribution in [0, 0.1) is 5.41 Å². The molecule has 4 nitrogen and oxygen atoms in total. The Hall–Kier alpha value is -1.42. The molecule has 2 rings (SSSR count). The third-order valence-electron chi connectivity index (χ3n) is 4.10. The van der Waals surface area contributed by atoms with Crippen molar-refractivity contribution in [3.63, 3.8) is 0 Å². The van der Waals surface area contributed by atoms with E-state index in [0.717, 1.165) is 12.1 Å². The van der Waals surface area contributed by atoms with Gasteiger partial charge in [-0.25, -0.2) is 0 Å². The summed E-state index contributed by atoms with van der Waals surface area (Å²) >= 11 is 0. The first-order valence-corrected chi connectivity index (χ1v) is 6.99. The molecule has 1 aliphatic rings. The van der Waals surface area contributed by atoms with Crippen molar-refractivity contribution in [2.75, 3.05) is 0 Å². The van der Waals surface area contributed by atoms with Crippen molar-refractivity contribution in [1.29, 1.82) is 0 Å². The Morgan fingerprint density at radius 1 is 1.53 bits per heavy atom. The van der Waals surface area contributed by atoms with Crippen molar-refractivity contribution in [1.82, 2.24) is 10.3 Å². The highest BCUT2D eigenvalue weighted by atomic mass is 16.1. The maximum absolute atomic E-state index is 12.3. The highest BCUT2D eigenvalue weighted by Crippen LogP contribution is 2.35. The first-order valence-electron chi connectivity index (χ1n) is 6.99. The standard InChI is InChI=1S/C15H23N3O/c1-15(2)7-4-3-5-13(15)18-14(19)11-6-8-17-12(9-11)10-16/h6,8-9,13H,3-5,7,10,16H2,1-2H3,(H,18,19). The summed E-state index contributed by atoms with van der Waals surface area (Å²) < 4.78 is 0. The van der Waals surface area contributed by atoms with Gasteiger partial charge in [0.05, 0.1) is 5.69 Å². The molecule has 1 aromatic rings. The number of hydrogen-bond donors (Lipinski definition) is 2. The van der Waals surface area contributed by atoms with Gasteiger partial charge >= 0.3 is 0 Å². The van der Waals surface area contributed by atoms with E-state index in [-0.39, 0.29) is 17.4 Å². The lowest BCUT2D eigenvalue weighted by Crippen LogP contribution is -2.46. The molecule has 4 heteroatoms. The number of nitrogens with two attached hydrogens (primary N) is 1. The molecule has 0 aromatic carbocycles. The number of nitrogens with zero attached hydrogens (tertiary/aromatic N) is 1. The molecule has 1 saturated carbocycles. The Labute approximate surface area is 114 Å². The van der Waals surface area contributed by atoms with Gasteiger partial charge in [0, 0.05) is 24.3 Å². The zero-order chi connectivity index (χ0) is 13.9. The molecule has 104 valence electrons. The van der Waals surface area contributed by atoms with Crippen LogP contribution in [0.25, 0.3) is 0 Å². The van der Waals surface area contributed by atoms with Crippen molar-refractivity contribution >= 4 is 5.91 Å². The summed E-state index contributed by atoms with van der Waals surface area (Å²) in [5.41, 5.74) is 7.13. The van der Waals surface area contributed by atoms with E-state index in [9.17, 15) is 4.79 Å². The van der Waals surface area contributed by atoms with E-state index in [4.69, 9.17) is 5.73 Å². The number of rotatable bonds is 3. The number of carbonyl (C=O) groups is 1. The second-order valence-electron chi connectivity index (χ2n) is 6.00. The first-order chi connectivity index (χ1) is 9.03. The van der Waals surface area contributed by atoms with Crippen LogP contribution in [0.3, 0.4) is 0 Å². The molecule has 0 spiro atoms. The second-order valence-corrected chi connectivity index (χ2v) is 6.00. The van der Waals surface area contributed by atoms with Gasteiger partial charge in [-0.3, -0.25) is 9.78 Å².